The van der Waals surface area contributed by atoms with Gasteiger partial charge in [-0.3, -0.25) is 4.79 Å². The minimum Gasteiger partial charge on any atom is -0.481 e. The van der Waals surface area contributed by atoms with E-state index in [0.717, 1.165) is 0 Å². The van der Waals surface area contributed by atoms with Crippen LogP contribution in [-0.4, -0.2) is 28.5 Å². The van der Waals surface area contributed by atoms with Crippen LogP contribution < -0.4 is 0 Å². The van der Waals surface area contributed by atoms with Crippen LogP contribution in [0.15, 0.2) is 0 Å². The molecular formula is C7H10F2O2S. The zero-order valence-corrected chi connectivity index (χ0v) is 7.24. The molecule has 1 fully saturated rings. The molecule has 0 aliphatic heterocycles. The molecule has 0 aromatic heterocycles. The largest absolute Gasteiger partial charge is 0.481 e. The summed E-state index contributed by atoms with van der Waals surface area (Å²) >= 11 is 1.29. The highest BCUT2D eigenvalue weighted by Gasteiger charge is 2.56. The van der Waals surface area contributed by atoms with Crippen molar-refractivity contribution in [2.75, 3.05) is 11.5 Å². The first-order chi connectivity index (χ1) is 5.52. The Balaban J connectivity index is 1.94. The first-order valence-electron chi connectivity index (χ1n) is 3.70. The third-order valence-corrected chi connectivity index (χ3v) is 2.87. The molecule has 1 aliphatic rings. The van der Waals surface area contributed by atoms with E-state index in [4.69, 9.17) is 5.11 Å². The van der Waals surface area contributed by atoms with Crippen molar-refractivity contribution in [2.24, 2.45) is 5.92 Å². The van der Waals surface area contributed by atoms with E-state index < -0.39 is 17.8 Å². The molecule has 70 valence electrons. The normalized spacial score (nSPS) is 25.3. The van der Waals surface area contributed by atoms with Crippen molar-refractivity contribution in [3.63, 3.8) is 0 Å². The van der Waals surface area contributed by atoms with Crippen LogP contribution in [0.5, 0.6) is 0 Å². The van der Waals surface area contributed by atoms with Gasteiger partial charge in [0.15, 0.2) is 0 Å². The number of hydrogen-bond donors (Lipinski definition) is 1. The number of carbonyl (C=O) groups is 1. The van der Waals surface area contributed by atoms with Gasteiger partial charge in [-0.1, -0.05) is 0 Å². The van der Waals surface area contributed by atoms with Gasteiger partial charge in [0.1, 0.15) is 0 Å². The van der Waals surface area contributed by atoms with Gasteiger partial charge in [-0.15, -0.1) is 0 Å². The maximum Gasteiger partial charge on any atom is 0.304 e. The zero-order chi connectivity index (χ0) is 9.19. The highest BCUT2D eigenvalue weighted by molar-refractivity contribution is 7.99. The number of halogens is 2. The molecule has 1 N–H and O–H groups in total. The van der Waals surface area contributed by atoms with Gasteiger partial charge in [-0.05, 0) is 0 Å². The van der Waals surface area contributed by atoms with Crippen molar-refractivity contribution in [2.45, 2.75) is 18.8 Å². The SMILES string of the molecule is O=C(O)CCSC[C@H]1CC1(F)F. The van der Waals surface area contributed by atoms with Gasteiger partial charge in [-0.2, -0.15) is 11.8 Å². The summed E-state index contributed by atoms with van der Waals surface area (Å²) in [5.41, 5.74) is 0. The molecule has 0 heterocycles. The predicted octanol–water partition coefficient (Wildman–Crippen LogP) is 1.85. The van der Waals surface area contributed by atoms with Crippen LogP contribution in [0.1, 0.15) is 12.8 Å². The lowest BCUT2D eigenvalue weighted by atomic mass is 10.5. The van der Waals surface area contributed by atoms with E-state index in [0.29, 0.717) is 11.5 Å². The molecule has 1 atom stereocenters. The number of carboxylic acids is 1. The Labute approximate surface area is 73.3 Å². The maximum absolute atomic E-state index is 12.3. The van der Waals surface area contributed by atoms with Gasteiger partial charge in [0, 0.05) is 23.8 Å². The molecule has 0 aromatic carbocycles. The summed E-state index contributed by atoms with van der Waals surface area (Å²) in [5, 5.41) is 8.24. The molecule has 1 rings (SSSR count). The Morgan fingerprint density at radius 3 is 2.67 bits per heavy atom. The van der Waals surface area contributed by atoms with E-state index in [-0.39, 0.29) is 12.8 Å². The first-order valence-corrected chi connectivity index (χ1v) is 4.85. The van der Waals surface area contributed by atoms with E-state index in [1.807, 2.05) is 0 Å². The Morgan fingerprint density at radius 1 is 1.67 bits per heavy atom. The summed E-state index contributed by atoms with van der Waals surface area (Å²) in [6.45, 7) is 0. The Hall–Kier alpha value is -0.320. The first kappa shape index (κ1) is 9.77. The van der Waals surface area contributed by atoms with Crippen LogP contribution in [0, 0.1) is 5.92 Å². The number of rotatable bonds is 5. The molecule has 0 radical (unpaired) electrons. The van der Waals surface area contributed by atoms with Gasteiger partial charge in [0.25, 0.3) is 5.92 Å². The van der Waals surface area contributed by atoms with Crippen molar-refractivity contribution in [3.05, 3.63) is 0 Å². The summed E-state index contributed by atoms with van der Waals surface area (Å²) in [6, 6.07) is 0. The predicted molar refractivity (Wildman–Crippen MR) is 42.6 cm³/mol. The van der Waals surface area contributed by atoms with Crippen molar-refractivity contribution in [1.29, 1.82) is 0 Å². The van der Waals surface area contributed by atoms with Gasteiger partial charge < -0.3 is 5.11 Å². The summed E-state index contributed by atoms with van der Waals surface area (Å²) in [6.07, 6.45) is 0.0377. The number of alkyl halides is 2. The molecule has 2 nitrogen and oxygen atoms in total. The summed E-state index contributed by atoms with van der Waals surface area (Å²) < 4.78 is 24.5. The molecule has 12 heavy (non-hydrogen) atoms. The third kappa shape index (κ3) is 2.97. The van der Waals surface area contributed by atoms with Crippen molar-refractivity contribution in [3.8, 4) is 0 Å². The smallest absolute Gasteiger partial charge is 0.304 e. The van der Waals surface area contributed by atoms with Gasteiger partial charge in [-0.25, -0.2) is 8.78 Å². The van der Waals surface area contributed by atoms with Gasteiger partial charge in [0.2, 0.25) is 0 Å². The maximum atomic E-state index is 12.3. The number of hydrogen-bond acceptors (Lipinski definition) is 2. The quantitative estimate of drug-likeness (QED) is 0.682. The average molecular weight is 196 g/mol. The molecular weight excluding hydrogens is 186 g/mol. The van der Waals surface area contributed by atoms with Crippen LogP contribution in [0.4, 0.5) is 8.78 Å². The fourth-order valence-electron chi connectivity index (χ4n) is 0.836. The zero-order valence-electron chi connectivity index (χ0n) is 6.43. The van der Waals surface area contributed by atoms with Crippen molar-refractivity contribution in [1.82, 2.24) is 0 Å². The van der Waals surface area contributed by atoms with Crippen LogP contribution in [0.25, 0.3) is 0 Å². The lowest BCUT2D eigenvalue weighted by Crippen LogP contribution is -1.99. The fourth-order valence-corrected chi connectivity index (χ4v) is 1.97. The van der Waals surface area contributed by atoms with E-state index in [9.17, 15) is 13.6 Å². The Bertz CT molecular complexity index is 184. The van der Waals surface area contributed by atoms with E-state index in [1.165, 1.54) is 11.8 Å². The second-order valence-electron chi connectivity index (χ2n) is 2.88. The van der Waals surface area contributed by atoms with Crippen LogP contribution in [-0.2, 0) is 4.79 Å². The monoisotopic (exact) mass is 196 g/mol. The summed E-state index contributed by atoms with van der Waals surface area (Å²) in [5.74, 6) is -3.01. The van der Waals surface area contributed by atoms with Crippen LogP contribution in [0.2, 0.25) is 0 Å². The van der Waals surface area contributed by atoms with E-state index in [2.05, 4.69) is 0 Å². The van der Waals surface area contributed by atoms with Crippen LogP contribution in [0.3, 0.4) is 0 Å². The summed E-state index contributed by atoms with van der Waals surface area (Å²) in [7, 11) is 0. The van der Waals surface area contributed by atoms with Crippen LogP contribution >= 0.6 is 11.8 Å². The topological polar surface area (TPSA) is 37.3 Å². The lowest BCUT2D eigenvalue weighted by Gasteiger charge is -1.97. The molecule has 5 heteroatoms. The molecule has 0 spiro atoms. The molecule has 0 bridgehead atoms. The van der Waals surface area contributed by atoms with Crippen molar-refractivity contribution < 1.29 is 18.7 Å². The third-order valence-electron chi connectivity index (χ3n) is 1.74. The standard InChI is InChI=1S/C7H10F2O2S/c8-7(9)3-5(7)4-12-2-1-6(10)11/h5H,1-4H2,(H,10,11)/t5-/m1/s1. The number of thioether (sulfide) groups is 1. The second-order valence-corrected chi connectivity index (χ2v) is 4.03. The Kier molecular flexibility index (Phi) is 2.93. The average Bonchev–Trinajstić information content (AvgIpc) is 2.51. The minimum absolute atomic E-state index is 0.0208. The number of carboxylic acid groups (broad SMARTS) is 1. The molecule has 0 aromatic rings. The molecule has 1 aliphatic carbocycles. The minimum atomic E-state index is -2.46. The van der Waals surface area contributed by atoms with Crippen molar-refractivity contribution >= 4 is 17.7 Å². The highest BCUT2D eigenvalue weighted by atomic mass is 32.2. The molecule has 0 unspecified atom stereocenters. The fraction of sp³-hybridized carbons (Fsp3) is 0.857. The molecule has 0 amide bonds. The summed E-state index contributed by atoms with van der Waals surface area (Å²) in [4.78, 5) is 10.0. The van der Waals surface area contributed by atoms with Gasteiger partial charge in [0.05, 0.1) is 6.42 Å². The molecule has 0 saturated heterocycles. The van der Waals surface area contributed by atoms with Gasteiger partial charge >= 0.3 is 5.97 Å². The second kappa shape index (κ2) is 3.60. The van der Waals surface area contributed by atoms with E-state index >= 15 is 0 Å². The highest BCUT2D eigenvalue weighted by Crippen LogP contribution is 2.49. The van der Waals surface area contributed by atoms with E-state index in [1.54, 1.807) is 0 Å². The number of aliphatic carboxylic acids is 1. The lowest BCUT2D eigenvalue weighted by molar-refractivity contribution is -0.136. The molecule has 1 saturated carbocycles. The Morgan fingerprint density at radius 2 is 2.25 bits per heavy atom.